The van der Waals surface area contributed by atoms with Gasteiger partial charge in [0.15, 0.2) is 8.07 Å². The Bertz CT molecular complexity index is 3460. The molecule has 2 aromatic heterocycles. The first kappa shape index (κ1) is 36.4. The van der Waals surface area contributed by atoms with Gasteiger partial charge in [-0.1, -0.05) is 188 Å². The van der Waals surface area contributed by atoms with E-state index in [1.165, 1.54) is 62.8 Å². The summed E-state index contributed by atoms with van der Waals surface area (Å²) >= 11 is 1.83. The summed E-state index contributed by atoms with van der Waals surface area (Å²) in [5.74, 6) is 0. The van der Waals surface area contributed by atoms with E-state index in [0.717, 1.165) is 39.0 Å². The molecular weight excluding hydrogens is 787 g/mol. The van der Waals surface area contributed by atoms with Gasteiger partial charge >= 0.3 is 0 Å². The number of anilines is 3. The number of fused-ring (bicyclic) bond motifs is 8. The lowest BCUT2D eigenvalue weighted by Gasteiger charge is -2.35. The highest BCUT2D eigenvalue weighted by atomic mass is 32.1. The van der Waals surface area contributed by atoms with Gasteiger partial charge in [0.2, 0.25) is 0 Å². The van der Waals surface area contributed by atoms with Gasteiger partial charge in [-0.15, -0.1) is 11.3 Å². The molecule has 0 N–H and O–H groups in total. The van der Waals surface area contributed by atoms with Crippen LogP contribution >= 0.6 is 11.3 Å². The van der Waals surface area contributed by atoms with Gasteiger partial charge in [-0.2, -0.15) is 0 Å². The van der Waals surface area contributed by atoms with Crippen molar-refractivity contribution in [3.8, 4) is 11.1 Å². The van der Waals surface area contributed by atoms with Crippen LogP contribution < -0.4 is 25.6 Å². The summed E-state index contributed by atoms with van der Waals surface area (Å²) in [7, 11) is -2.74. The molecule has 0 amide bonds. The predicted octanol–water partition coefficient (Wildman–Crippen LogP) is 13.6. The maximum absolute atomic E-state index is 6.90. The summed E-state index contributed by atoms with van der Waals surface area (Å²) in [6.45, 7) is 0. The molecule has 0 saturated heterocycles. The standard InChI is InChI=1S/C58H39NOSSi/c1-4-18-46(19-5-1)62(47-20-6-2-7-21-47,48-22-8-3-9-23-48)49-36-34-45(35-37-49)59(44-32-30-41(31-33-44)43-29-28-40-16-10-11-17-42(40)38-43)52-39-55-57(51-25-13-15-27-54(51)61-55)58-56(52)50-24-12-14-26-53(50)60-58/h1-39H. The van der Waals surface area contributed by atoms with Crippen molar-refractivity contribution >= 4 is 110 Å². The minimum atomic E-state index is -2.74. The molecule has 0 aliphatic rings. The van der Waals surface area contributed by atoms with Crippen molar-refractivity contribution in [1.29, 1.82) is 0 Å². The largest absolute Gasteiger partial charge is 0.455 e. The minimum absolute atomic E-state index is 0.887. The molecule has 10 aromatic carbocycles. The molecule has 0 radical (unpaired) electrons. The van der Waals surface area contributed by atoms with Crippen LogP contribution in [0, 0.1) is 0 Å². The third kappa shape index (κ3) is 5.83. The molecule has 4 heteroatoms. The quantitative estimate of drug-likeness (QED) is 0.112. The molecule has 0 aliphatic carbocycles. The molecule has 0 unspecified atom stereocenters. The monoisotopic (exact) mass is 825 g/mol. The Balaban J connectivity index is 1.10. The fourth-order valence-electron chi connectivity index (χ4n) is 9.77. The van der Waals surface area contributed by atoms with Crippen LogP contribution in [0.2, 0.25) is 0 Å². The molecule has 0 bridgehead atoms. The van der Waals surface area contributed by atoms with Crippen LogP contribution in [-0.2, 0) is 0 Å². The molecule has 0 spiro atoms. The summed E-state index contributed by atoms with van der Waals surface area (Å²) in [5, 5.41) is 12.5. The van der Waals surface area contributed by atoms with Crippen molar-refractivity contribution < 1.29 is 4.42 Å². The Morgan fingerprint density at radius 3 is 1.55 bits per heavy atom. The van der Waals surface area contributed by atoms with E-state index in [-0.39, 0.29) is 0 Å². The normalized spacial score (nSPS) is 11.9. The van der Waals surface area contributed by atoms with Crippen LogP contribution in [0.25, 0.3) is 64.0 Å². The van der Waals surface area contributed by atoms with Crippen molar-refractivity contribution in [2.75, 3.05) is 4.90 Å². The van der Waals surface area contributed by atoms with Crippen LogP contribution in [0.1, 0.15) is 0 Å². The lowest BCUT2D eigenvalue weighted by atomic mass is 10.0. The number of hydrogen-bond acceptors (Lipinski definition) is 3. The van der Waals surface area contributed by atoms with E-state index in [4.69, 9.17) is 4.42 Å². The van der Waals surface area contributed by atoms with E-state index in [0.29, 0.717) is 0 Å². The fraction of sp³-hybridized carbons (Fsp3) is 0. The third-order valence-electron chi connectivity index (χ3n) is 12.6. The van der Waals surface area contributed by atoms with Gasteiger partial charge in [0.05, 0.1) is 11.1 Å². The molecule has 2 heterocycles. The predicted molar refractivity (Wildman–Crippen MR) is 268 cm³/mol. The number of benzene rings is 10. The molecule has 12 aromatic rings. The number of rotatable bonds is 8. The summed E-state index contributed by atoms with van der Waals surface area (Å²) in [6, 6.07) is 86.9. The maximum atomic E-state index is 6.90. The number of nitrogens with zero attached hydrogens (tertiary/aromatic N) is 1. The average Bonchev–Trinajstić information content (AvgIpc) is 3.92. The molecule has 0 saturated carbocycles. The first-order valence-electron chi connectivity index (χ1n) is 21.2. The van der Waals surface area contributed by atoms with Gasteiger partial charge < -0.3 is 9.32 Å². The Labute approximate surface area is 365 Å². The smallest absolute Gasteiger partial charge is 0.179 e. The zero-order valence-corrected chi connectivity index (χ0v) is 35.6. The molecule has 12 rings (SSSR count). The van der Waals surface area contributed by atoms with E-state index >= 15 is 0 Å². The molecule has 2 nitrogen and oxygen atoms in total. The first-order chi connectivity index (χ1) is 30.7. The second kappa shape index (κ2) is 14.9. The lowest BCUT2D eigenvalue weighted by Crippen LogP contribution is -2.74. The van der Waals surface area contributed by atoms with E-state index in [1.807, 2.05) is 11.3 Å². The Kier molecular flexibility index (Phi) is 8.73. The molecule has 0 fully saturated rings. The van der Waals surface area contributed by atoms with Crippen molar-refractivity contribution in [1.82, 2.24) is 0 Å². The minimum Gasteiger partial charge on any atom is -0.455 e. The highest BCUT2D eigenvalue weighted by molar-refractivity contribution is 7.26. The second-order valence-electron chi connectivity index (χ2n) is 16.0. The van der Waals surface area contributed by atoms with Crippen LogP contribution in [-0.4, -0.2) is 8.07 Å². The average molecular weight is 826 g/mol. The highest BCUT2D eigenvalue weighted by Crippen LogP contribution is 2.49. The number of thiophene rings is 1. The molecule has 0 aliphatic heterocycles. The molecule has 0 atom stereocenters. The van der Waals surface area contributed by atoms with Crippen molar-refractivity contribution in [3.63, 3.8) is 0 Å². The molecule has 62 heavy (non-hydrogen) atoms. The SMILES string of the molecule is c1ccc([Si](c2ccccc2)(c2ccccc2)c2ccc(N(c3ccc(-c4ccc5ccccc5c4)cc3)c3cc4sc5ccccc5c4c4oc5ccccc5c34)cc2)cc1. The van der Waals surface area contributed by atoms with Crippen molar-refractivity contribution in [3.05, 3.63) is 237 Å². The Morgan fingerprint density at radius 2 is 0.887 bits per heavy atom. The molecule has 292 valence electrons. The lowest BCUT2D eigenvalue weighted by molar-refractivity contribution is 0.673. The Hall–Kier alpha value is -7.50. The number of hydrogen-bond donors (Lipinski definition) is 0. The number of furan rings is 1. The second-order valence-corrected chi connectivity index (χ2v) is 20.9. The van der Waals surface area contributed by atoms with Crippen LogP contribution in [0.4, 0.5) is 17.1 Å². The number of para-hydroxylation sites is 1. The van der Waals surface area contributed by atoms with Gasteiger partial charge in [-0.25, -0.2) is 0 Å². The fourth-order valence-corrected chi connectivity index (χ4v) is 15.7. The molecular formula is C58H39NOSSi. The van der Waals surface area contributed by atoms with Gasteiger partial charge in [-0.05, 0) is 91.2 Å². The van der Waals surface area contributed by atoms with E-state index in [1.54, 1.807) is 0 Å². The van der Waals surface area contributed by atoms with Gasteiger partial charge in [0.25, 0.3) is 0 Å². The van der Waals surface area contributed by atoms with Gasteiger partial charge in [0, 0.05) is 36.9 Å². The maximum Gasteiger partial charge on any atom is 0.179 e. The van der Waals surface area contributed by atoms with Gasteiger partial charge in [-0.3, -0.25) is 0 Å². The topological polar surface area (TPSA) is 16.4 Å². The van der Waals surface area contributed by atoms with Crippen LogP contribution in [0.3, 0.4) is 0 Å². The first-order valence-corrected chi connectivity index (χ1v) is 24.0. The van der Waals surface area contributed by atoms with Gasteiger partial charge in [0.1, 0.15) is 11.2 Å². The van der Waals surface area contributed by atoms with E-state index in [9.17, 15) is 0 Å². The van der Waals surface area contributed by atoms with Crippen LogP contribution in [0.15, 0.2) is 241 Å². The van der Waals surface area contributed by atoms with Crippen molar-refractivity contribution in [2.24, 2.45) is 0 Å². The Morgan fingerprint density at radius 1 is 0.371 bits per heavy atom. The van der Waals surface area contributed by atoms with Crippen LogP contribution in [0.5, 0.6) is 0 Å². The van der Waals surface area contributed by atoms with E-state index in [2.05, 4.69) is 241 Å². The third-order valence-corrected chi connectivity index (χ3v) is 18.5. The highest BCUT2D eigenvalue weighted by Gasteiger charge is 2.41. The summed E-state index contributed by atoms with van der Waals surface area (Å²) in [5.41, 5.74) is 7.44. The summed E-state index contributed by atoms with van der Waals surface area (Å²) in [6.07, 6.45) is 0. The zero-order valence-electron chi connectivity index (χ0n) is 33.8. The summed E-state index contributed by atoms with van der Waals surface area (Å²) in [4.78, 5) is 2.44. The zero-order chi connectivity index (χ0) is 41.0. The van der Waals surface area contributed by atoms with E-state index < -0.39 is 8.07 Å². The van der Waals surface area contributed by atoms with Crippen molar-refractivity contribution in [2.45, 2.75) is 0 Å². The summed E-state index contributed by atoms with van der Waals surface area (Å²) < 4.78 is 9.35.